The summed E-state index contributed by atoms with van der Waals surface area (Å²) < 4.78 is 5.20. The van der Waals surface area contributed by atoms with Crippen molar-refractivity contribution in [1.82, 2.24) is 5.32 Å². The number of hydrogen-bond donors (Lipinski definition) is 1. The minimum atomic E-state index is -0.189. The summed E-state index contributed by atoms with van der Waals surface area (Å²) in [6.07, 6.45) is 0. The summed E-state index contributed by atoms with van der Waals surface area (Å²) in [5.41, 5.74) is 0.904. The Morgan fingerprint density at radius 2 is 2.29 bits per heavy atom. The Balaban J connectivity index is 2.37. The molecule has 1 aromatic carbocycles. The molecule has 0 radical (unpaired) electrons. The summed E-state index contributed by atoms with van der Waals surface area (Å²) >= 11 is 5.84. The molecule has 0 bridgehead atoms. The average Bonchev–Trinajstić information content (AvgIpc) is 2.33. The minimum absolute atomic E-state index is 0.130. The van der Waals surface area contributed by atoms with Gasteiger partial charge in [-0.25, -0.2) is 0 Å². The molecule has 0 fully saturated rings. The highest BCUT2D eigenvalue weighted by Crippen LogP contribution is 2.12. The van der Waals surface area contributed by atoms with Crippen molar-refractivity contribution in [2.24, 2.45) is 5.92 Å². The highest BCUT2D eigenvalue weighted by Gasteiger charge is 2.13. The van der Waals surface area contributed by atoms with Gasteiger partial charge in [0.15, 0.2) is 0 Å². The molecular formula is C13H18ClNO2. The van der Waals surface area contributed by atoms with Crippen molar-refractivity contribution in [3.8, 4) is 0 Å². The van der Waals surface area contributed by atoms with Crippen LogP contribution in [0, 0.1) is 5.92 Å². The van der Waals surface area contributed by atoms with Gasteiger partial charge in [-0.1, -0.05) is 37.6 Å². The number of esters is 1. The molecule has 1 atom stereocenters. The highest BCUT2D eigenvalue weighted by atomic mass is 35.5. The molecule has 0 heterocycles. The third-order valence-corrected chi connectivity index (χ3v) is 2.61. The van der Waals surface area contributed by atoms with Gasteiger partial charge in [-0.3, -0.25) is 4.79 Å². The molecular weight excluding hydrogens is 238 g/mol. The summed E-state index contributed by atoms with van der Waals surface area (Å²) in [6.45, 7) is 5.62. The summed E-state index contributed by atoms with van der Waals surface area (Å²) in [7, 11) is 0. The predicted octanol–water partition coefficient (Wildman–Crippen LogP) is 2.63. The summed E-state index contributed by atoms with van der Waals surface area (Å²) in [6, 6.07) is 7.31. The van der Waals surface area contributed by atoms with Crippen molar-refractivity contribution in [2.75, 3.05) is 13.1 Å². The quantitative estimate of drug-likeness (QED) is 0.795. The standard InChI is InChI=1S/C13H18ClNO2/c1-3-15-8-10(2)13(16)17-9-11-5-4-6-12(14)7-11/h4-7,10,15H,3,8-9H2,1-2H3. The maximum atomic E-state index is 11.6. The second-order valence-corrected chi connectivity index (χ2v) is 4.38. The van der Waals surface area contributed by atoms with Crippen LogP contribution in [0.1, 0.15) is 19.4 Å². The molecule has 0 aromatic heterocycles. The van der Waals surface area contributed by atoms with Crippen LogP contribution in [0.2, 0.25) is 5.02 Å². The molecule has 17 heavy (non-hydrogen) atoms. The molecule has 1 N–H and O–H groups in total. The Hall–Kier alpha value is -1.06. The van der Waals surface area contributed by atoms with Gasteiger partial charge >= 0.3 is 5.97 Å². The maximum Gasteiger partial charge on any atom is 0.310 e. The molecule has 0 aliphatic carbocycles. The normalized spacial score (nSPS) is 12.2. The van der Waals surface area contributed by atoms with Gasteiger partial charge < -0.3 is 10.1 Å². The van der Waals surface area contributed by atoms with Crippen LogP contribution >= 0.6 is 11.6 Å². The fourth-order valence-corrected chi connectivity index (χ4v) is 1.58. The fourth-order valence-electron chi connectivity index (χ4n) is 1.37. The first-order valence-electron chi connectivity index (χ1n) is 5.75. The van der Waals surface area contributed by atoms with Gasteiger partial charge in [0.2, 0.25) is 0 Å². The van der Waals surface area contributed by atoms with Gasteiger partial charge in [0.05, 0.1) is 5.92 Å². The van der Waals surface area contributed by atoms with E-state index in [0.29, 0.717) is 11.6 Å². The van der Waals surface area contributed by atoms with Crippen LogP contribution in [-0.2, 0) is 16.1 Å². The van der Waals surface area contributed by atoms with Crippen molar-refractivity contribution in [3.05, 3.63) is 34.9 Å². The number of carbonyl (C=O) groups excluding carboxylic acids is 1. The Labute approximate surface area is 107 Å². The molecule has 1 aromatic rings. The zero-order chi connectivity index (χ0) is 12.7. The molecule has 0 aliphatic rings. The Morgan fingerprint density at radius 3 is 2.94 bits per heavy atom. The van der Waals surface area contributed by atoms with Crippen LogP contribution < -0.4 is 5.32 Å². The van der Waals surface area contributed by atoms with Crippen LogP contribution in [0.15, 0.2) is 24.3 Å². The third-order valence-electron chi connectivity index (χ3n) is 2.37. The number of hydrogen-bond acceptors (Lipinski definition) is 3. The van der Waals surface area contributed by atoms with Crippen molar-refractivity contribution < 1.29 is 9.53 Å². The zero-order valence-corrected chi connectivity index (χ0v) is 11.0. The molecule has 1 unspecified atom stereocenters. The van der Waals surface area contributed by atoms with Crippen LogP contribution in [-0.4, -0.2) is 19.1 Å². The largest absolute Gasteiger partial charge is 0.461 e. The van der Waals surface area contributed by atoms with Crippen molar-refractivity contribution in [3.63, 3.8) is 0 Å². The number of rotatable bonds is 6. The molecule has 3 nitrogen and oxygen atoms in total. The van der Waals surface area contributed by atoms with Gasteiger partial charge in [-0.2, -0.15) is 0 Å². The van der Waals surface area contributed by atoms with E-state index >= 15 is 0 Å². The zero-order valence-electron chi connectivity index (χ0n) is 10.2. The first-order valence-corrected chi connectivity index (χ1v) is 6.13. The van der Waals surface area contributed by atoms with Crippen molar-refractivity contribution in [2.45, 2.75) is 20.5 Å². The molecule has 0 amide bonds. The fraction of sp³-hybridized carbons (Fsp3) is 0.462. The van der Waals surface area contributed by atoms with Crippen LogP contribution in [0.25, 0.3) is 0 Å². The van der Waals surface area contributed by atoms with Gasteiger partial charge in [0.1, 0.15) is 6.61 Å². The maximum absolute atomic E-state index is 11.6. The van der Waals surface area contributed by atoms with Gasteiger partial charge in [0, 0.05) is 11.6 Å². The van der Waals surface area contributed by atoms with Gasteiger partial charge in [0.25, 0.3) is 0 Å². The van der Waals surface area contributed by atoms with E-state index in [2.05, 4.69) is 5.32 Å². The van der Waals surface area contributed by atoms with Crippen molar-refractivity contribution >= 4 is 17.6 Å². The lowest BCUT2D eigenvalue weighted by atomic mass is 10.2. The molecule has 0 spiro atoms. The predicted molar refractivity (Wildman–Crippen MR) is 69.0 cm³/mol. The molecule has 94 valence electrons. The SMILES string of the molecule is CCNCC(C)C(=O)OCc1cccc(Cl)c1. The van der Waals surface area contributed by atoms with Crippen LogP contribution in [0.3, 0.4) is 0 Å². The minimum Gasteiger partial charge on any atom is -0.461 e. The first-order chi connectivity index (χ1) is 8.13. The topological polar surface area (TPSA) is 38.3 Å². The Kier molecular flexibility index (Phi) is 6.01. The van der Waals surface area contributed by atoms with E-state index < -0.39 is 0 Å². The first kappa shape index (κ1) is 14.0. The average molecular weight is 256 g/mol. The van der Waals surface area contributed by atoms with Crippen LogP contribution in [0.4, 0.5) is 0 Å². The molecule has 1 rings (SSSR count). The number of ether oxygens (including phenoxy) is 1. The third kappa shape index (κ3) is 5.20. The summed E-state index contributed by atoms with van der Waals surface area (Å²) in [4.78, 5) is 11.6. The smallest absolute Gasteiger partial charge is 0.310 e. The van der Waals surface area contributed by atoms with Crippen LogP contribution in [0.5, 0.6) is 0 Å². The van der Waals surface area contributed by atoms with E-state index in [1.165, 1.54) is 0 Å². The second kappa shape index (κ2) is 7.30. The number of nitrogens with one attached hydrogen (secondary N) is 1. The van der Waals surface area contributed by atoms with Gasteiger partial charge in [-0.15, -0.1) is 0 Å². The monoisotopic (exact) mass is 255 g/mol. The lowest BCUT2D eigenvalue weighted by Gasteiger charge is -2.11. The number of benzene rings is 1. The molecule has 0 aliphatic heterocycles. The van der Waals surface area contributed by atoms with Gasteiger partial charge in [-0.05, 0) is 24.2 Å². The molecule has 0 saturated heterocycles. The van der Waals surface area contributed by atoms with E-state index in [4.69, 9.17) is 16.3 Å². The van der Waals surface area contributed by atoms with Crippen molar-refractivity contribution in [1.29, 1.82) is 0 Å². The lowest BCUT2D eigenvalue weighted by molar-refractivity contribution is -0.149. The van der Waals surface area contributed by atoms with E-state index in [1.54, 1.807) is 12.1 Å². The number of carbonyl (C=O) groups is 1. The molecule has 0 saturated carbocycles. The second-order valence-electron chi connectivity index (χ2n) is 3.95. The Morgan fingerprint density at radius 1 is 1.53 bits per heavy atom. The van der Waals surface area contributed by atoms with E-state index in [0.717, 1.165) is 12.1 Å². The lowest BCUT2D eigenvalue weighted by Crippen LogP contribution is -2.27. The molecule has 4 heteroatoms. The van der Waals surface area contributed by atoms with E-state index in [1.807, 2.05) is 26.0 Å². The summed E-state index contributed by atoms with van der Waals surface area (Å²) in [5, 5.41) is 3.77. The number of halogens is 1. The highest BCUT2D eigenvalue weighted by molar-refractivity contribution is 6.30. The van der Waals surface area contributed by atoms with E-state index in [9.17, 15) is 4.79 Å². The summed E-state index contributed by atoms with van der Waals surface area (Å²) in [5.74, 6) is -0.319. The Bertz CT molecular complexity index is 368. The van der Waals surface area contributed by atoms with E-state index in [-0.39, 0.29) is 18.5 Å².